The van der Waals surface area contributed by atoms with E-state index in [1.807, 2.05) is 6.07 Å². The van der Waals surface area contributed by atoms with Gasteiger partial charge in [0.1, 0.15) is 0 Å². The second kappa shape index (κ2) is 9.38. The normalized spacial score (nSPS) is 14.2. The van der Waals surface area contributed by atoms with E-state index in [0.717, 1.165) is 12.8 Å². The fraction of sp³-hybridized carbons (Fsp3) is 0.667. The van der Waals surface area contributed by atoms with Crippen molar-refractivity contribution >= 4 is 24.7 Å². The third-order valence-electron chi connectivity index (χ3n) is 4.60. The highest BCUT2D eigenvalue weighted by atomic mass is 35.6. The van der Waals surface area contributed by atoms with Gasteiger partial charge in [-0.25, -0.2) is 0 Å². The van der Waals surface area contributed by atoms with Gasteiger partial charge in [0, 0.05) is 19.4 Å². The smallest absolute Gasteiger partial charge is 0.302 e. The first-order valence-electron chi connectivity index (χ1n) is 9.41. The Bertz CT molecular complexity index is 547. The van der Waals surface area contributed by atoms with Gasteiger partial charge in [-0.2, -0.15) is 0 Å². The zero-order valence-corrected chi connectivity index (χ0v) is 19.2. The van der Waals surface area contributed by atoms with Crippen LogP contribution in [0.15, 0.2) is 30.3 Å². The molecule has 0 N–H and O–H groups in total. The van der Waals surface area contributed by atoms with Crippen LogP contribution in [0.2, 0.25) is 10.1 Å². The quantitative estimate of drug-likeness (QED) is 0.295. The molecule has 0 amide bonds. The van der Waals surface area contributed by atoms with Crippen LogP contribution in [0.4, 0.5) is 0 Å². The number of rotatable bonds is 8. The van der Waals surface area contributed by atoms with Crippen LogP contribution in [-0.2, 0) is 20.4 Å². The topological polar surface area (TPSA) is 35.5 Å². The highest BCUT2D eigenvalue weighted by molar-refractivity contribution is 7.19. The van der Waals surface area contributed by atoms with Crippen LogP contribution in [0, 0.1) is 0 Å². The third kappa shape index (κ3) is 6.71. The van der Waals surface area contributed by atoms with Crippen LogP contribution < -0.4 is 0 Å². The first kappa shape index (κ1) is 23.2. The summed E-state index contributed by atoms with van der Waals surface area (Å²) < 4.78 is 11.8. The van der Waals surface area contributed by atoms with Gasteiger partial charge >= 0.3 is 13.6 Å². The molecule has 0 fully saturated rings. The zero-order chi connectivity index (χ0) is 20.0. The van der Waals surface area contributed by atoms with Crippen LogP contribution in [0.1, 0.15) is 66.9 Å². The van der Waals surface area contributed by atoms with E-state index in [1.54, 1.807) is 0 Å². The lowest BCUT2D eigenvalue weighted by Crippen LogP contribution is -2.52. The Kier molecular flexibility index (Phi) is 8.37. The van der Waals surface area contributed by atoms with Crippen molar-refractivity contribution in [3.8, 4) is 0 Å². The van der Waals surface area contributed by atoms with Crippen LogP contribution in [0.5, 0.6) is 0 Å². The molecule has 0 saturated heterocycles. The molecule has 0 aromatic heterocycles. The van der Waals surface area contributed by atoms with E-state index in [-0.39, 0.29) is 22.1 Å². The van der Waals surface area contributed by atoms with Crippen molar-refractivity contribution in [2.24, 2.45) is 0 Å². The van der Waals surface area contributed by atoms with Crippen molar-refractivity contribution in [1.29, 1.82) is 0 Å². The summed E-state index contributed by atoms with van der Waals surface area (Å²) in [7, 11) is -2.60. The molecule has 0 saturated carbocycles. The maximum atomic E-state index is 11.1. The second-order valence-corrected chi connectivity index (χ2v) is 15.0. The van der Waals surface area contributed by atoms with E-state index in [9.17, 15) is 4.79 Å². The van der Waals surface area contributed by atoms with Crippen molar-refractivity contribution in [3.63, 3.8) is 0 Å². The first-order chi connectivity index (χ1) is 11.9. The van der Waals surface area contributed by atoms with Crippen molar-refractivity contribution in [1.82, 2.24) is 0 Å². The first-order valence-corrected chi connectivity index (χ1v) is 12.3. The van der Waals surface area contributed by atoms with Gasteiger partial charge in [-0.15, -0.1) is 11.1 Å². The lowest BCUT2D eigenvalue weighted by atomic mass is 10.1. The van der Waals surface area contributed by atoms with Crippen molar-refractivity contribution < 1.29 is 14.0 Å². The summed E-state index contributed by atoms with van der Waals surface area (Å²) in [4.78, 5) is 11.1. The molecule has 148 valence electrons. The molecule has 1 rings (SSSR count). The number of aryl methyl sites for hydroxylation is 1. The van der Waals surface area contributed by atoms with Gasteiger partial charge in [0.15, 0.2) is 0 Å². The predicted molar refractivity (Wildman–Crippen MR) is 112 cm³/mol. The summed E-state index contributed by atoms with van der Waals surface area (Å²) in [5, 5.41) is -0.224. The van der Waals surface area contributed by atoms with Gasteiger partial charge in [-0.3, -0.25) is 4.79 Å². The van der Waals surface area contributed by atoms with E-state index in [0.29, 0.717) is 13.0 Å². The Labute approximate surface area is 165 Å². The Morgan fingerprint density at radius 3 is 2.04 bits per heavy atom. The molecular weight excluding hydrogens is 364 g/mol. The van der Waals surface area contributed by atoms with E-state index in [1.165, 1.54) is 12.5 Å². The minimum absolute atomic E-state index is 0.0304. The number of ether oxygens (including phenoxy) is 1. The molecule has 1 atom stereocenters. The molecule has 0 spiro atoms. The van der Waals surface area contributed by atoms with Crippen LogP contribution >= 0.6 is 11.1 Å². The minimum Gasteiger partial charge on any atom is -0.466 e. The minimum atomic E-state index is -2.60. The Morgan fingerprint density at radius 2 is 1.58 bits per heavy atom. The van der Waals surface area contributed by atoms with Gasteiger partial charge in [0.05, 0.1) is 6.61 Å². The molecule has 1 aromatic rings. The molecule has 1 aromatic carbocycles. The SMILES string of the molecule is CC(=O)OCCC(CCc1ccccc1)O[Si](Cl)(C(C)(C)C)C(C)(C)C. The second-order valence-electron chi connectivity index (χ2n) is 8.99. The number of hydrogen-bond donors (Lipinski definition) is 0. The van der Waals surface area contributed by atoms with E-state index in [4.69, 9.17) is 20.2 Å². The van der Waals surface area contributed by atoms with Gasteiger partial charge in [0.2, 0.25) is 0 Å². The average molecular weight is 399 g/mol. The molecule has 5 heteroatoms. The van der Waals surface area contributed by atoms with Crippen LogP contribution in [0.25, 0.3) is 0 Å². The summed E-state index contributed by atoms with van der Waals surface area (Å²) >= 11 is 7.22. The lowest BCUT2D eigenvalue weighted by molar-refractivity contribution is -0.141. The number of hydrogen-bond acceptors (Lipinski definition) is 3. The maximum Gasteiger partial charge on any atom is 0.302 e. The standard InChI is InChI=1S/C21H35ClO3Si/c1-17(23)24-16-15-19(14-13-18-11-9-8-10-12-18)25-26(22,20(2,3)4)21(5,6)7/h8-12,19H,13-16H2,1-7H3. The number of halogens is 1. The monoisotopic (exact) mass is 398 g/mol. The Morgan fingerprint density at radius 1 is 1.04 bits per heavy atom. The van der Waals surface area contributed by atoms with E-state index in [2.05, 4.69) is 65.8 Å². The highest BCUT2D eigenvalue weighted by Gasteiger charge is 2.55. The molecule has 0 radical (unpaired) electrons. The van der Waals surface area contributed by atoms with Crippen LogP contribution in [-0.4, -0.2) is 26.3 Å². The fourth-order valence-corrected chi connectivity index (χ4v) is 7.31. The van der Waals surface area contributed by atoms with Crippen molar-refractivity contribution in [2.45, 2.75) is 83.9 Å². The molecule has 0 aliphatic heterocycles. The van der Waals surface area contributed by atoms with Gasteiger partial charge in [-0.1, -0.05) is 71.9 Å². The number of benzene rings is 1. The molecule has 0 aliphatic rings. The molecule has 26 heavy (non-hydrogen) atoms. The zero-order valence-electron chi connectivity index (χ0n) is 17.4. The molecule has 1 unspecified atom stereocenters. The molecule has 0 bridgehead atoms. The number of esters is 1. The Balaban J connectivity index is 2.92. The van der Waals surface area contributed by atoms with Gasteiger partial charge < -0.3 is 9.16 Å². The summed E-state index contributed by atoms with van der Waals surface area (Å²) in [6.45, 7) is 14.8. The Hall–Kier alpha value is -0.843. The highest BCUT2D eigenvalue weighted by Crippen LogP contribution is 2.54. The molecule has 0 heterocycles. The molecule has 3 nitrogen and oxygen atoms in total. The summed E-state index contributed by atoms with van der Waals surface area (Å²) in [6, 6.07) is 10.4. The summed E-state index contributed by atoms with van der Waals surface area (Å²) in [5.41, 5.74) is 1.28. The summed E-state index contributed by atoms with van der Waals surface area (Å²) in [6.07, 6.45) is 2.41. The van der Waals surface area contributed by atoms with E-state index >= 15 is 0 Å². The van der Waals surface area contributed by atoms with E-state index < -0.39 is 7.63 Å². The lowest BCUT2D eigenvalue weighted by Gasteiger charge is -2.47. The van der Waals surface area contributed by atoms with Crippen molar-refractivity contribution in [2.75, 3.05) is 6.61 Å². The summed E-state index contributed by atoms with van der Waals surface area (Å²) in [5.74, 6) is -0.257. The van der Waals surface area contributed by atoms with Gasteiger partial charge in [0.25, 0.3) is 0 Å². The molecular formula is C21H35ClO3Si. The number of carbonyl (C=O) groups is 1. The van der Waals surface area contributed by atoms with Gasteiger partial charge in [-0.05, 0) is 28.5 Å². The number of carbonyl (C=O) groups excluding carboxylic acids is 1. The van der Waals surface area contributed by atoms with Crippen molar-refractivity contribution in [3.05, 3.63) is 35.9 Å². The average Bonchev–Trinajstić information content (AvgIpc) is 2.50. The molecule has 0 aliphatic carbocycles. The maximum absolute atomic E-state index is 11.1. The van der Waals surface area contributed by atoms with Crippen LogP contribution in [0.3, 0.4) is 0 Å². The largest absolute Gasteiger partial charge is 0.466 e. The predicted octanol–water partition coefficient (Wildman–Crippen LogP) is 6.24. The fourth-order valence-electron chi connectivity index (χ4n) is 3.28. The third-order valence-corrected chi connectivity index (χ3v) is 12.8.